The van der Waals surface area contributed by atoms with Gasteiger partial charge in [-0.15, -0.1) is 0 Å². The maximum Gasteiger partial charge on any atom is 0.164 e. The molecule has 0 spiro atoms. The maximum atomic E-state index is 12.0. The fraction of sp³-hybridized carbons (Fsp3) is 0.917. The minimum absolute atomic E-state index is 0.303. The van der Waals surface area contributed by atoms with Crippen LogP contribution < -0.4 is 0 Å². The smallest absolute Gasteiger partial charge is 0.164 e. The number of methoxy groups -OCH3 is 1. The van der Waals surface area contributed by atoms with E-state index in [9.17, 15) is 4.79 Å². The van der Waals surface area contributed by atoms with Crippen molar-refractivity contribution >= 4 is 5.78 Å². The normalized spacial score (nSPS) is 17.1. The molecule has 0 N–H and O–H groups in total. The van der Waals surface area contributed by atoms with E-state index in [1.54, 1.807) is 7.11 Å². The van der Waals surface area contributed by atoms with Crippen LogP contribution in [0.15, 0.2) is 0 Å². The summed E-state index contributed by atoms with van der Waals surface area (Å²) in [5.41, 5.74) is -0.491. The number of ketones is 1. The summed E-state index contributed by atoms with van der Waals surface area (Å²) in [5.74, 6) is 1.14. The Morgan fingerprint density at radius 1 is 1.36 bits per heavy atom. The number of hydrogen-bond donors (Lipinski definition) is 0. The van der Waals surface area contributed by atoms with E-state index in [4.69, 9.17) is 4.74 Å². The zero-order valence-electron chi connectivity index (χ0n) is 9.64. The molecule has 1 aliphatic rings. The maximum absolute atomic E-state index is 12.0. The number of carbonyl (C=O) groups excluding carboxylic acids is 1. The van der Waals surface area contributed by atoms with Crippen LogP contribution in [0.3, 0.4) is 0 Å². The molecular formula is C12H22O2. The van der Waals surface area contributed by atoms with Crippen LogP contribution >= 0.6 is 0 Å². The molecule has 0 amide bonds. The summed E-state index contributed by atoms with van der Waals surface area (Å²) in [6.45, 7) is 4.06. The molecule has 0 aromatic rings. The molecular weight excluding hydrogens is 176 g/mol. The van der Waals surface area contributed by atoms with E-state index >= 15 is 0 Å². The molecule has 1 fully saturated rings. The molecule has 82 valence electrons. The molecule has 14 heavy (non-hydrogen) atoms. The van der Waals surface area contributed by atoms with Gasteiger partial charge in [-0.05, 0) is 25.2 Å². The lowest BCUT2D eigenvalue weighted by Gasteiger charge is -2.28. The van der Waals surface area contributed by atoms with Crippen molar-refractivity contribution in [1.82, 2.24) is 0 Å². The molecule has 1 saturated carbocycles. The Labute approximate surface area is 87.0 Å². The zero-order valence-corrected chi connectivity index (χ0v) is 9.64. The average molecular weight is 198 g/mol. The molecule has 0 aliphatic heterocycles. The van der Waals surface area contributed by atoms with E-state index in [2.05, 4.69) is 0 Å². The molecule has 2 nitrogen and oxygen atoms in total. The Hall–Kier alpha value is -0.370. The van der Waals surface area contributed by atoms with Crippen LogP contribution in [0.1, 0.15) is 52.4 Å². The van der Waals surface area contributed by atoms with Crippen LogP contribution in [0.2, 0.25) is 0 Å². The molecule has 0 saturated heterocycles. The first kappa shape index (κ1) is 11.7. The first-order chi connectivity index (χ1) is 6.68. The van der Waals surface area contributed by atoms with Gasteiger partial charge in [-0.2, -0.15) is 0 Å². The van der Waals surface area contributed by atoms with E-state index in [1.807, 2.05) is 13.8 Å². The molecule has 1 rings (SSSR count). The Bertz CT molecular complexity index is 182. The number of rotatable bonds is 7. The van der Waals surface area contributed by atoms with Gasteiger partial charge in [-0.25, -0.2) is 0 Å². The van der Waals surface area contributed by atoms with E-state index in [0.29, 0.717) is 12.2 Å². The van der Waals surface area contributed by atoms with Crippen LogP contribution in [0.5, 0.6) is 0 Å². The first-order valence-electron chi connectivity index (χ1n) is 5.77. The minimum atomic E-state index is -0.491. The van der Waals surface area contributed by atoms with Gasteiger partial charge in [0.15, 0.2) is 5.78 Å². The van der Waals surface area contributed by atoms with E-state index in [-0.39, 0.29) is 0 Å². The third-order valence-electron chi connectivity index (χ3n) is 3.52. The lowest BCUT2D eigenvalue weighted by atomic mass is 9.89. The molecule has 0 aromatic carbocycles. The first-order valence-corrected chi connectivity index (χ1v) is 5.77. The Morgan fingerprint density at radius 2 is 1.93 bits per heavy atom. The number of hydrogen-bond acceptors (Lipinski definition) is 2. The lowest BCUT2D eigenvalue weighted by Crippen LogP contribution is -2.39. The highest BCUT2D eigenvalue weighted by Gasteiger charge is 2.35. The zero-order chi connectivity index (χ0) is 10.6. The molecule has 0 unspecified atom stereocenters. The quantitative estimate of drug-likeness (QED) is 0.628. The molecule has 2 heteroatoms. The molecule has 1 aliphatic carbocycles. The predicted molar refractivity (Wildman–Crippen MR) is 57.3 cm³/mol. The van der Waals surface area contributed by atoms with E-state index in [0.717, 1.165) is 25.2 Å². The fourth-order valence-electron chi connectivity index (χ4n) is 2.02. The highest BCUT2D eigenvalue weighted by atomic mass is 16.5. The SMILES string of the molecule is CCC(CC)(OC)C(=O)CCC1CC1. The fourth-order valence-corrected chi connectivity index (χ4v) is 2.02. The topological polar surface area (TPSA) is 26.3 Å². The summed E-state index contributed by atoms with van der Waals surface area (Å²) < 4.78 is 5.40. The highest BCUT2D eigenvalue weighted by molar-refractivity contribution is 5.87. The van der Waals surface area contributed by atoms with Crippen LogP contribution in [0, 0.1) is 5.92 Å². The van der Waals surface area contributed by atoms with Gasteiger partial charge >= 0.3 is 0 Å². The van der Waals surface area contributed by atoms with Crippen LogP contribution in [0.25, 0.3) is 0 Å². The van der Waals surface area contributed by atoms with Gasteiger partial charge in [-0.1, -0.05) is 26.7 Å². The van der Waals surface area contributed by atoms with Gasteiger partial charge < -0.3 is 4.74 Å². The third kappa shape index (κ3) is 2.57. The van der Waals surface area contributed by atoms with E-state index < -0.39 is 5.60 Å². The standard InChI is InChI=1S/C12H22O2/c1-4-12(5-2,14-3)11(13)9-8-10-6-7-10/h10H,4-9H2,1-3H3. The van der Waals surface area contributed by atoms with Crippen molar-refractivity contribution in [1.29, 1.82) is 0 Å². The van der Waals surface area contributed by atoms with Gasteiger partial charge in [0.25, 0.3) is 0 Å². The molecule has 0 heterocycles. The minimum Gasteiger partial charge on any atom is -0.370 e. The van der Waals surface area contributed by atoms with Crippen LogP contribution in [-0.4, -0.2) is 18.5 Å². The van der Waals surface area contributed by atoms with Crippen molar-refractivity contribution in [2.45, 2.75) is 58.0 Å². The van der Waals surface area contributed by atoms with Crippen molar-refractivity contribution in [3.05, 3.63) is 0 Å². The van der Waals surface area contributed by atoms with Gasteiger partial charge in [0.2, 0.25) is 0 Å². The average Bonchev–Trinajstić information content (AvgIpc) is 3.02. The molecule has 0 bridgehead atoms. The molecule has 0 aromatic heterocycles. The van der Waals surface area contributed by atoms with Crippen molar-refractivity contribution < 1.29 is 9.53 Å². The van der Waals surface area contributed by atoms with Gasteiger partial charge in [0, 0.05) is 13.5 Å². The summed E-state index contributed by atoms with van der Waals surface area (Å²) in [4.78, 5) is 12.0. The summed E-state index contributed by atoms with van der Waals surface area (Å²) in [6, 6.07) is 0. The second-order valence-electron chi connectivity index (χ2n) is 4.31. The molecule has 0 atom stereocenters. The van der Waals surface area contributed by atoms with Crippen molar-refractivity contribution in [3.8, 4) is 0 Å². The summed E-state index contributed by atoms with van der Waals surface area (Å²) in [6.07, 6.45) is 6.02. The molecule has 0 radical (unpaired) electrons. The third-order valence-corrected chi connectivity index (χ3v) is 3.52. The summed E-state index contributed by atoms with van der Waals surface area (Å²) in [5, 5.41) is 0. The summed E-state index contributed by atoms with van der Waals surface area (Å²) in [7, 11) is 1.65. The van der Waals surface area contributed by atoms with E-state index in [1.165, 1.54) is 12.8 Å². The van der Waals surface area contributed by atoms with Gasteiger partial charge in [0.1, 0.15) is 5.60 Å². The number of Topliss-reactive ketones (excluding diaryl/α,β-unsaturated/α-hetero) is 1. The lowest BCUT2D eigenvalue weighted by molar-refractivity contribution is -0.142. The second kappa shape index (κ2) is 4.92. The number of ether oxygens (including phenoxy) is 1. The second-order valence-corrected chi connectivity index (χ2v) is 4.31. The number of carbonyl (C=O) groups is 1. The van der Waals surface area contributed by atoms with Crippen molar-refractivity contribution in [2.24, 2.45) is 5.92 Å². The van der Waals surface area contributed by atoms with Crippen LogP contribution in [-0.2, 0) is 9.53 Å². The summed E-state index contributed by atoms with van der Waals surface area (Å²) >= 11 is 0. The predicted octanol–water partition coefficient (Wildman–Crippen LogP) is 2.95. The largest absolute Gasteiger partial charge is 0.370 e. The van der Waals surface area contributed by atoms with Crippen molar-refractivity contribution in [3.63, 3.8) is 0 Å². The van der Waals surface area contributed by atoms with Crippen molar-refractivity contribution in [2.75, 3.05) is 7.11 Å². The Morgan fingerprint density at radius 3 is 2.29 bits per heavy atom. The van der Waals surface area contributed by atoms with Crippen LogP contribution in [0.4, 0.5) is 0 Å². The highest BCUT2D eigenvalue weighted by Crippen LogP contribution is 2.35. The van der Waals surface area contributed by atoms with Gasteiger partial charge in [-0.3, -0.25) is 4.79 Å². The Kier molecular flexibility index (Phi) is 4.11. The Balaban J connectivity index is 2.43. The monoisotopic (exact) mass is 198 g/mol. The van der Waals surface area contributed by atoms with Gasteiger partial charge in [0.05, 0.1) is 0 Å².